The van der Waals surface area contributed by atoms with E-state index < -0.39 is 0 Å². The molecule has 0 nitrogen and oxygen atoms in total. The molecule has 0 fully saturated rings. The van der Waals surface area contributed by atoms with Crippen molar-refractivity contribution < 1.29 is 48.8 Å². The smallest absolute Gasteiger partial charge is 1.00 e. The molecule has 0 N–H and O–H groups in total. The number of hydrogen-bond acceptors (Lipinski definition) is 0. The Balaban J connectivity index is -0.0000000533. The van der Waals surface area contributed by atoms with Crippen LogP contribution in [0.2, 0.25) is 15.8 Å². The Bertz CT molecular complexity index is 80.9. The number of halogens is 3. The van der Waals surface area contributed by atoms with Crippen molar-refractivity contribution in [1.29, 1.82) is 0 Å². The van der Waals surface area contributed by atoms with Crippen LogP contribution in [0.1, 0.15) is 59.3 Å². The molecular formula is C12H27Al2Cl2I. The zero-order chi connectivity index (χ0) is 11.1. The van der Waals surface area contributed by atoms with Gasteiger partial charge in [-0.1, -0.05) is 0 Å². The maximum atomic E-state index is 2.70. The summed E-state index contributed by atoms with van der Waals surface area (Å²) in [6.07, 6.45) is 8.39. The summed E-state index contributed by atoms with van der Waals surface area (Å²) in [4.78, 5) is 0. The van der Waals surface area contributed by atoms with Gasteiger partial charge in [-0.3, -0.25) is 0 Å². The normalized spacial score (nSPS) is 7.35. The third-order valence-corrected chi connectivity index (χ3v) is 4.12. The molecule has 0 heterocycles. The van der Waals surface area contributed by atoms with Crippen molar-refractivity contribution >= 4 is 31.5 Å². The summed E-state index contributed by atoms with van der Waals surface area (Å²) in [6, 6.07) is 0. The van der Waals surface area contributed by atoms with Gasteiger partial charge in [0.2, 0.25) is 0 Å². The van der Waals surface area contributed by atoms with E-state index in [0.29, 0.717) is 0 Å². The Morgan fingerprint density at radius 2 is 1.12 bits per heavy atom. The Hall–Kier alpha value is 2.37. The molecule has 0 aromatic heterocycles. The van der Waals surface area contributed by atoms with E-state index >= 15 is 0 Å². The second-order valence-electron chi connectivity index (χ2n) is 3.72. The van der Waals surface area contributed by atoms with Crippen molar-refractivity contribution in [2.24, 2.45) is 0 Å². The van der Waals surface area contributed by atoms with Crippen molar-refractivity contribution in [3.8, 4) is 0 Å². The van der Waals surface area contributed by atoms with Crippen LogP contribution >= 0.6 is 0 Å². The molecule has 0 amide bonds. The van der Waals surface area contributed by atoms with Crippen molar-refractivity contribution in [2.45, 2.75) is 75.1 Å². The fraction of sp³-hybridized carbons (Fsp3) is 1.00. The molecule has 0 aliphatic heterocycles. The molecule has 5 heteroatoms. The van der Waals surface area contributed by atoms with Crippen molar-refractivity contribution in [2.75, 3.05) is 0 Å². The first-order chi connectivity index (χ1) is 6.83. The number of unbranched alkanes of at least 4 members (excludes halogenated alkanes) is 3. The molecule has 0 spiro atoms. The van der Waals surface area contributed by atoms with Crippen LogP contribution < -0.4 is 48.8 Å². The molecule has 0 saturated carbocycles. The van der Waals surface area contributed by atoms with Gasteiger partial charge in [-0.05, 0) is 0 Å². The second-order valence-corrected chi connectivity index (χ2v) is 6.02. The quantitative estimate of drug-likeness (QED) is 0.210. The van der Waals surface area contributed by atoms with E-state index in [0.717, 1.165) is 15.2 Å². The molecule has 102 valence electrons. The van der Waals surface area contributed by atoms with E-state index in [1.807, 2.05) is 0 Å². The SMILES string of the molecule is CCC[CH2][Al+2].CCC[CH2][Al+][CH2]CCC.[Cl-].[Cl-].[I-]. The molecule has 0 rings (SSSR count). The van der Waals surface area contributed by atoms with Crippen LogP contribution in [0.15, 0.2) is 0 Å². The maximum Gasteiger partial charge on any atom is -1.00 e. The minimum absolute atomic E-state index is 0. The first kappa shape index (κ1) is 31.7. The van der Waals surface area contributed by atoms with Crippen LogP contribution in [0.25, 0.3) is 0 Å². The molecular weight excluding hydrogens is 396 g/mol. The molecule has 0 aliphatic carbocycles. The minimum Gasteiger partial charge on any atom is -1.00 e. The summed E-state index contributed by atoms with van der Waals surface area (Å²) in [5.41, 5.74) is 0. The zero-order valence-electron chi connectivity index (χ0n) is 11.7. The van der Waals surface area contributed by atoms with Crippen molar-refractivity contribution in [3.05, 3.63) is 0 Å². The molecule has 0 atom stereocenters. The third kappa shape index (κ3) is 45.8. The van der Waals surface area contributed by atoms with Gasteiger partial charge in [0.15, 0.2) is 0 Å². The summed E-state index contributed by atoms with van der Waals surface area (Å²) in [6.45, 7) is 6.75. The van der Waals surface area contributed by atoms with Crippen LogP contribution in [0, 0.1) is 0 Å². The summed E-state index contributed by atoms with van der Waals surface area (Å²) < 4.78 is 0. The predicted molar refractivity (Wildman–Crippen MR) is 70.7 cm³/mol. The van der Waals surface area contributed by atoms with Gasteiger partial charge < -0.3 is 48.8 Å². The summed E-state index contributed by atoms with van der Waals surface area (Å²) >= 11 is 3.52. The first-order valence-corrected chi connectivity index (χ1v) is 8.80. The molecule has 17 heavy (non-hydrogen) atoms. The second kappa shape index (κ2) is 36.2. The Labute approximate surface area is 154 Å². The zero-order valence-corrected chi connectivity index (χ0v) is 17.6. The maximum absolute atomic E-state index is 2.70. The third-order valence-electron chi connectivity index (χ3n) is 2.08. The first-order valence-electron chi connectivity index (χ1n) is 6.35. The Morgan fingerprint density at radius 1 is 0.765 bits per heavy atom. The number of hydrogen-bond donors (Lipinski definition) is 0. The number of rotatable bonds is 8. The van der Waals surface area contributed by atoms with Crippen LogP contribution in [-0.2, 0) is 0 Å². The van der Waals surface area contributed by atoms with Gasteiger partial charge in [0.1, 0.15) is 0 Å². The van der Waals surface area contributed by atoms with Crippen LogP contribution in [0.4, 0.5) is 0 Å². The van der Waals surface area contributed by atoms with Gasteiger partial charge in [-0.25, -0.2) is 0 Å². The summed E-state index contributed by atoms with van der Waals surface area (Å²) in [5.74, 6) is 0. The molecule has 0 bridgehead atoms. The summed E-state index contributed by atoms with van der Waals surface area (Å²) in [7, 11) is 0. The summed E-state index contributed by atoms with van der Waals surface area (Å²) in [5, 5.41) is 4.34. The van der Waals surface area contributed by atoms with E-state index in [1.165, 1.54) is 54.4 Å². The minimum atomic E-state index is 0. The topological polar surface area (TPSA) is 0 Å². The molecule has 0 aromatic carbocycles. The fourth-order valence-electron chi connectivity index (χ4n) is 1.05. The van der Waals surface area contributed by atoms with Gasteiger partial charge in [0.25, 0.3) is 0 Å². The standard InChI is InChI=1S/3C4H9.2Al.2ClH.HI/c3*1-3-4-2;;;;;/h3*1,3-4H2,2H3;;;3*1H/q;;;+1;+2;;;/p-3. The average molecular weight is 423 g/mol. The van der Waals surface area contributed by atoms with Gasteiger partial charge >= 0.3 is 107 Å². The van der Waals surface area contributed by atoms with Crippen LogP contribution in [-0.4, -0.2) is 31.5 Å². The molecule has 0 saturated heterocycles. The Kier molecular flexibility index (Phi) is 67.5. The van der Waals surface area contributed by atoms with E-state index in [2.05, 4.69) is 37.1 Å². The van der Waals surface area contributed by atoms with E-state index in [-0.39, 0.29) is 48.8 Å². The molecule has 0 radical (unpaired) electrons. The van der Waals surface area contributed by atoms with Gasteiger partial charge in [-0.15, -0.1) is 0 Å². The van der Waals surface area contributed by atoms with E-state index in [1.54, 1.807) is 0 Å². The Morgan fingerprint density at radius 3 is 1.29 bits per heavy atom. The van der Waals surface area contributed by atoms with Gasteiger partial charge in [0, 0.05) is 0 Å². The van der Waals surface area contributed by atoms with Crippen LogP contribution in [0.5, 0.6) is 0 Å². The largest absolute Gasteiger partial charge is 1.00 e. The molecule has 0 aliphatic rings. The van der Waals surface area contributed by atoms with Crippen molar-refractivity contribution in [1.82, 2.24) is 0 Å². The predicted octanol–water partition coefficient (Wildman–Crippen LogP) is -4.49. The van der Waals surface area contributed by atoms with Gasteiger partial charge in [0.05, 0.1) is 0 Å². The average Bonchev–Trinajstić information content (AvgIpc) is 2.20. The van der Waals surface area contributed by atoms with Crippen LogP contribution in [0.3, 0.4) is 0 Å². The molecule has 0 unspecified atom stereocenters. The fourth-order valence-corrected chi connectivity index (χ4v) is 3.14. The van der Waals surface area contributed by atoms with E-state index in [4.69, 9.17) is 0 Å². The van der Waals surface area contributed by atoms with Gasteiger partial charge in [-0.2, -0.15) is 0 Å². The molecule has 0 aromatic rings. The van der Waals surface area contributed by atoms with E-state index in [9.17, 15) is 0 Å². The van der Waals surface area contributed by atoms with Crippen molar-refractivity contribution in [3.63, 3.8) is 0 Å². The monoisotopic (exact) mass is 422 g/mol.